The van der Waals surface area contributed by atoms with Gasteiger partial charge >= 0.3 is 12.0 Å². The van der Waals surface area contributed by atoms with Gasteiger partial charge in [-0.1, -0.05) is 6.42 Å². The highest BCUT2D eigenvalue weighted by Crippen LogP contribution is 2.26. The number of carboxylic acids is 1. The number of amides is 2. The van der Waals surface area contributed by atoms with Crippen molar-refractivity contribution < 1.29 is 14.7 Å². The molecule has 0 bridgehead atoms. The lowest BCUT2D eigenvalue weighted by molar-refractivity contribution is -0.142. The minimum atomic E-state index is -0.801. The molecule has 3 N–H and O–H groups in total. The Kier molecular flexibility index (Phi) is 4.74. The maximum atomic E-state index is 11.7. The van der Waals surface area contributed by atoms with Crippen LogP contribution in [0.3, 0.4) is 0 Å². The first-order valence-corrected chi connectivity index (χ1v) is 7.67. The topological polar surface area (TPSA) is 78.4 Å². The molecule has 1 saturated heterocycles. The molecule has 3 unspecified atom stereocenters. The van der Waals surface area contributed by atoms with Crippen LogP contribution in [-0.4, -0.2) is 41.2 Å². The largest absolute Gasteiger partial charge is 0.481 e. The van der Waals surface area contributed by atoms with Gasteiger partial charge in [-0.05, 0) is 36.7 Å². The monoisotopic (exact) mass is 272 g/mol. The molecule has 0 spiro atoms. The summed E-state index contributed by atoms with van der Waals surface area (Å²) >= 11 is 1.92. The van der Waals surface area contributed by atoms with Crippen molar-refractivity contribution in [3.8, 4) is 0 Å². The fraction of sp³-hybridized carbons (Fsp3) is 0.833. The third-order valence-electron chi connectivity index (χ3n) is 3.72. The molecule has 1 aliphatic carbocycles. The summed E-state index contributed by atoms with van der Waals surface area (Å²) in [7, 11) is 0. The zero-order valence-electron chi connectivity index (χ0n) is 10.4. The average Bonchev–Trinajstić information content (AvgIpc) is 2.96. The van der Waals surface area contributed by atoms with Crippen molar-refractivity contribution in [1.82, 2.24) is 10.6 Å². The second-order valence-electron chi connectivity index (χ2n) is 5.07. The highest BCUT2D eigenvalue weighted by atomic mass is 32.2. The highest BCUT2D eigenvalue weighted by Gasteiger charge is 2.33. The van der Waals surface area contributed by atoms with E-state index in [1.807, 2.05) is 11.8 Å². The van der Waals surface area contributed by atoms with Gasteiger partial charge in [0, 0.05) is 12.6 Å². The Morgan fingerprint density at radius 3 is 2.78 bits per heavy atom. The Bertz CT molecular complexity index is 318. The highest BCUT2D eigenvalue weighted by molar-refractivity contribution is 7.99. The van der Waals surface area contributed by atoms with Gasteiger partial charge in [-0.15, -0.1) is 0 Å². The SMILES string of the molecule is O=C(NCC1CCSC1)NC1CCCC1C(=O)O. The molecule has 2 amide bonds. The number of rotatable bonds is 4. The molecule has 6 heteroatoms. The van der Waals surface area contributed by atoms with Crippen molar-refractivity contribution in [2.45, 2.75) is 31.7 Å². The summed E-state index contributed by atoms with van der Waals surface area (Å²) in [5, 5.41) is 14.7. The fourth-order valence-corrected chi connectivity index (χ4v) is 3.91. The molecular weight excluding hydrogens is 252 g/mol. The first-order chi connectivity index (χ1) is 8.66. The van der Waals surface area contributed by atoms with Crippen molar-refractivity contribution in [3.63, 3.8) is 0 Å². The van der Waals surface area contributed by atoms with Crippen molar-refractivity contribution in [2.24, 2.45) is 11.8 Å². The maximum absolute atomic E-state index is 11.7. The van der Waals surface area contributed by atoms with Gasteiger partial charge in [0.25, 0.3) is 0 Å². The Morgan fingerprint density at radius 2 is 2.11 bits per heavy atom. The van der Waals surface area contributed by atoms with E-state index in [4.69, 9.17) is 5.11 Å². The van der Waals surface area contributed by atoms with Gasteiger partial charge in [0.1, 0.15) is 0 Å². The molecule has 0 aromatic rings. The summed E-state index contributed by atoms with van der Waals surface area (Å²) in [5.74, 6) is 1.64. The number of aliphatic carboxylic acids is 1. The Balaban J connectivity index is 1.71. The summed E-state index contributed by atoms with van der Waals surface area (Å²) in [6.07, 6.45) is 3.47. The lowest BCUT2D eigenvalue weighted by Crippen LogP contribution is -2.46. The average molecular weight is 272 g/mol. The van der Waals surface area contributed by atoms with Crippen LogP contribution in [0.1, 0.15) is 25.7 Å². The number of carbonyl (C=O) groups is 2. The van der Waals surface area contributed by atoms with Crippen molar-refractivity contribution >= 4 is 23.8 Å². The number of urea groups is 1. The molecule has 3 atom stereocenters. The first kappa shape index (κ1) is 13.5. The van der Waals surface area contributed by atoms with Crippen LogP contribution in [0, 0.1) is 11.8 Å². The summed E-state index contributed by atoms with van der Waals surface area (Å²) in [4.78, 5) is 22.7. The maximum Gasteiger partial charge on any atom is 0.315 e. The van der Waals surface area contributed by atoms with Gasteiger partial charge in [0.15, 0.2) is 0 Å². The third-order valence-corrected chi connectivity index (χ3v) is 4.96. The molecule has 2 fully saturated rings. The van der Waals surface area contributed by atoms with Crippen LogP contribution in [0.15, 0.2) is 0 Å². The quantitative estimate of drug-likeness (QED) is 0.720. The summed E-state index contributed by atoms with van der Waals surface area (Å²) in [5.41, 5.74) is 0. The minimum Gasteiger partial charge on any atom is -0.481 e. The van der Waals surface area contributed by atoms with Gasteiger partial charge in [0.2, 0.25) is 0 Å². The van der Waals surface area contributed by atoms with Crippen LogP contribution in [0.4, 0.5) is 4.79 Å². The van der Waals surface area contributed by atoms with Crippen LogP contribution in [-0.2, 0) is 4.79 Å². The van der Waals surface area contributed by atoms with Gasteiger partial charge in [-0.3, -0.25) is 4.79 Å². The molecule has 18 heavy (non-hydrogen) atoms. The molecule has 2 aliphatic rings. The predicted molar refractivity (Wildman–Crippen MR) is 70.7 cm³/mol. The predicted octanol–water partition coefficient (Wildman–Crippen LogP) is 1.29. The zero-order valence-corrected chi connectivity index (χ0v) is 11.2. The summed E-state index contributed by atoms with van der Waals surface area (Å²) in [6.45, 7) is 0.698. The Labute approximate surface area is 111 Å². The molecule has 1 aliphatic heterocycles. The van der Waals surface area contributed by atoms with E-state index in [0.29, 0.717) is 18.9 Å². The molecule has 0 aromatic carbocycles. The van der Waals surface area contributed by atoms with E-state index in [2.05, 4.69) is 10.6 Å². The van der Waals surface area contributed by atoms with Crippen LogP contribution in [0.2, 0.25) is 0 Å². The summed E-state index contributed by atoms with van der Waals surface area (Å²) in [6, 6.07) is -0.425. The standard InChI is InChI=1S/C12H20N2O3S/c15-11(16)9-2-1-3-10(9)14-12(17)13-6-8-4-5-18-7-8/h8-10H,1-7H2,(H,15,16)(H2,13,14,17). The fourth-order valence-electron chi connectivity index (χ4n) is 2.63. The molecule has 2 rings (SSSR count). The lowest BCUT2D eigenvalue weighted by Gasteiger charge is -2.18. The second-order valence-corrected chi connectivity index (χ2v) is 6.22. The number of carbonyl (C=O) groups excluding carboxylic acids is 1. The van der Waals surface area contributed by atoms with Crippen LogP contribution in [0.25, 0.3) is 0 Å². The van der Waals surface area contributed by atoms with Crippen LogP contribution >= 0.6 is 11.8 Å². The van der Waals surface area contributed by atoms with Gasteiger partial charge in [-0.2, -0.15) is 11.8 Å². The van der Waals surface area contributed by atoms with E-state index < -0.39 is 11.9 Å². The number of nitrogens with one attached hydrogen (secondary N) is 2. The van der Waals surface area contributed by atoms with Crippen molar-refractivity contribution in [2.75, 3.05) is 18.1 Å². The van der Waals surface area contributed by atoms with E-state index in [9.17, 15) is 9.59 Å². The molecule has 0 radical (unpaired) electrons. The molecule has 5 nitrogen and oxygen atoms in total. The molecule has 1 heterocycles. The number of carboxylic acid groups (broad SMARTS) is 1. The smallest absolute Gasteiger partial charge is 0.315 e. The normalized spacial score (nSPS) is 31.2. The Morgan fingerprint density at radius 1 is 1.28 bits per heavy atom. The molecular formula is C12H20N2O3S. The van der Waals surface area contributed by atoms with Gasteiger partial charge in [-0.25, -0.2) is 4.79 Å². The number of thioether (sulfide) groups is 1. The van der Waals surface area contributed by atoms with Crippen molar-refractivity contribution in [1.29, 1.82) is 0 Å². The van der Waals surface area contributed by atoms with E-state index in [1.54, 1.807) is 0 Å². The molecule has 1 saturated carbocycles. The number of hydrogen-bond donors (Lipinski definition) is 3. The Hall–Kier alpha value is -0.910. The third kappa shape index (κ3) is 3.54. The van der Waals surface area contributed by atoms with E-state index in [0.717, 1.165) is 25.0 Å². The second kappa shape index (κ2) is 6.31. The van der Waals surface area contributed by atoms with E-state index in [-0.39, 0.29) is 12.1 Å². The summed E-state index contributed by atoms with van der Waals surface area (Å²) < 4.78 is 0. The van der Waals surface area contributed by atoms with Crippen LogP contribution in [0.5, 0.6) is 0 Å². The van der Waals surface area contributed by atoms with Gasteiger partial charge < -0.3 is 15.7 Å². The minimum absolute atomic E-state index is 0.208. The van der Waals surface area contributed by atoms with E-state index in [1.165, 1.54) is 5.75 Å². The zero-order chi connectivity index (χ0) is 13.0. The van der Waals surface area contributed by atoms with E-state index >= 15 is 0 Å². The van der Waals surface area contributed by atoms with Crippen molar-refractivity contribution in [3.05, 3.63) is 0 Å². The van der Waals surface area contributed by atoms with Crippen LogP contribution < -0.4 is 10.6 Å². The van der Waals surface area contributed by atoms with Gasteiger partial charge in [0.05, 0.1) is 5.92 Å². The number of hydrogen-bond acceptors (Lipinski definition) is 3. The lowest BCUT2D eigenvalue weighted by atomic mass is 10.0. The first-order valence-electron chi connectivity index (χ1n) is 6.51. The molecule has 102 valence electrons. The molecule has 0 aromatic heterocycles.